The number of nitrogens with two attached hydrogens (primary N) is 1. The first kappa shape index (κ1) is 15.0. The Kier molecular flexibility index (Phi) is 4.74. The lowest BCUT2D eigenvalue weighted by Gasteiger charge is -2.25. The molecule has 1 aromatic rings. The molecular formula is C13H19N3O3S. The molecular weight excluding hydrogens is 278 g/mol. The number of hydrogen-bond acceptors (Lipinski definition) is 4. The summed E-state index contributed by atoms with van der Waals surface area (Å²) in [5.41, 5.74) is 2.17. The predicted octanol–water partition coefficient (Wildman–Crippen LogP) is -0.332. The highest BCUT2D eigenvalue weighted by Gasteiger charge is 2.25. The number of amides is 1. The van der Waals surface area contributed by atoms with Gasteiger partial charge in [0.25, 0.3) is 0 Å². The van der Waals surface area contributed by atoms with Gasteiger partial charge in [-0.15, -0.1) is 0 Å². The number of carbonyl (C=O) groups excluding carboxylic acids is 1. The second kappa shape index (κ2) is 6.34. The monoisotopic (exact) mass is 297 g/mol. The molecule has 6 nitrogen and oxygen atoms in total. The number of hydrogen-bond donors (Lipinski definition) is 3. The molecule has 20 heavy (non-hydrogen) atoms. The Morgan fingerprint density at radius 3 is 2.90 bits per heavy atom. The summed E-state index contributed by atoms with van der Waals surface area (Å²) in [5, 5.41) is 10.9. The minimum absolute atomic E-state index is 0.0842. The normalized spacial score (nSPS) is 18.4. The highest BCUT2D eigenvalue weighted by molar-refractivity contribution is 7.89. The first-order valence-corrected chi connectivity index (χ1v) is 8.25. The zero-order chi connectivity index (χ0) is 14.6. The summed E-state index contributed by atoms with van der Waals surface area (Å²) in [4.78, 5) is 12.2. The van der Waals surface area contributed by atoms with Crippen molar-refractivity contribution in [3.05, 3.63) is 35.4 Å². The number of primary sulfonamides is 1. The van der Waals surface area contributed by atoms with Crippen LogP contribution in [0.5, 0.6) is 0 Å². The van der Waals surface area contributed by atoms with Crippen molar-refractivity contribution in [3.63, 3.8) is 0 Å². The highest BCUT2D eigenvalue weighted by Crippen LogP contribution is 2.23. The zero-order valence-corrected chi connectivity index (χ0v) is 11.9. The minimum Gasteiger partial charge on any atom is -0.355 e. The van der Waals surface area contributed by atoms with Crippen LogP contribution in [-0.2, 0) is 21.4 Å². The third kappa shape index (κ3) is 4.03. The molecule has 1 amide bonds. The first-order chi connectivity index (χ1) is 9.47. The first-order valence-electron chi connectivity index (χ1n) is 6.54. The molecule has 1 aromatic carbocycles. The van der Waals surface area contributed by atoms with E-state index in [2.05, 4.69) is 10.6 Å². The molecule has 4 N–H and O–H groups in total. The summed E-state index contributed by atoms with van der Waals surface area (Å²) in [6.45, 7) is 1.68. The molecule has 0 saturated carbocycles. The van der Waals surface area contributed by atoms with Crippen LogP contribution < -0.4 is 15.8 Å². The van der Waals surface area contributed by atoms with Crippen molar-refractivity contribution in [2.24, 2.45) is 5.14 Å². The van der Waals surface area contributed by atoms with Crippen molar-refractivity contribution in [3.8, 4) is 0 Å². The van der Waals surface area contributed by atoms with Crippen molar-refractivity contribution in [1.29, 1.82) is 0 Å². The molecule has 1 aliphatic rings. The lowest BCUT2D eigenvalue weighted by atomic mass is 9.90. The van der Waals surface area contributed by atoms with Crippen molar-refractivity contribution in [1.82, 2.24) is 10.6 Å². The summed E-state index contributed by atoms with van der Waals surface area (Å²) < 4.78 is 21.6. The molecule has 1 unspecified atom stereocenters. The largest absolute Gasteiger partial charge is 0.355 e. The Morgan fingerprint density at radius 1 is 1.40 bits per heavy atom. The average Bonchev–Trinajstić information content (AvgIpc) is 2.41. The molecule has 0 aromatic heterocycles. The van der Waals surface area contributed by atoms with Gasteiger partial charge in [0.1, 0.15) is 0 Å². The van der Waals surface area contributed by atoms with E-state index in [0.29, 0.717) is 19.5 Å². The van der Waals surface area contributed by atoms with E-state index in [9.17, 15) is 13.2 Å². The summed E-state index contributed by atoms with van der Waals surface area (Å²) in [6.07, 6.45) is 0.326. The van der Waals surface area contributed by atoms with Gasteiger partial charge in [0.2, 0.25) is 15.9 Å². The van der Waals surface area contributed by atoms with E-state index >= 15 is 0 Å². The lowest BCUT2D eigenvalue weighted by molar-refractivity contribution is -0.122. The number of rotatable bonds is 5. The van der Waals surface area contributed by atoms with E-state index in [-0.39, 0.29) is 17.6 Å². The Balaban J connectivity index is 1.91. The molecule has 0 bridgehead atoms. The van der Waals surface area contributed by atoms with Gasteiger partial charge in [0.05, 0.1) is 11.7 Å². The van der Waals surface area contributed by atoms with Crippen LogP contribution in [0, 0.1) is 0 Å². The second-order valence-electron chi connectivity index (χ2n) is 4.89. The third-order valence-corrected chi connectivity index (χ3v) is 4.17. The highest BCUT2D eigenvalue weighted by atomic mass is 32.2. The van der Waals surface area contributed by atoms with Crippen molar-refractivity contribution < 1.29 is 13.2 Å². The number of sulfonamides is 1. The van der Waals surface area contributed by atoms with Crippen molar-refractivity contribution >= 4 is 15.9 Å². The van der Waals surface area contributed by atoms with E-state index in [1.165, 1.54) is 0 Å². The van der Waals surface area contributed by atoms with E-state index < -0.39 is 10.0 Å². The fourth-order valence-electron chi connectivity index (χ4n) is 2.34. The molecule has 2 rings (SSSR count). The topological polar surface area (TPSA) is 101 Å². The Morgan fingerprint density at radius 2 is 2.15 bits per heavy atom. The molecule has 1 heterocycles. The lowest BCUT2D eigenvalue weighted by Crippen LogP contribution is -2.39. The smallest absolute Gasteiger partial charge is 0.228 e. The number of carbonyl (C=O) groups is 1. The van der Waals surface area contributed by atoms with Crippen LogP contribution in [0.1, 0.15) is 23.5 Å². The van der Waals surface area contributed by atoms with Gasteiger partial charge >= 0.3 is 0 Å². The fraction of sp³-hybridized carbons (Fsp3) is 0.462. The summed E-state index contributed by atoms with van der Waals surface area (Å²) in [7, 11) is -3.46. The van der Waals surface area contributed by atoms with Gasteiger partial charge in [-0.2, -0.15) is 0 Å². The standard InChI is InChI=1S/C13H19N3O3S/c14-20(18,19)7-3-6-16-13(17)12-9-15-8-10-4-1-2-5-11(10)12/h1-2,4-5,12,15H,3,6-9H2,(H,16,17)(H2,14,18,19). The number of nitrogens with one attached hydrogen (secondary N) is 2. The van der Waals surface area contributed by atoms with Crippen LogP contribution in [0.25, 0.3) is 0 Å². The van der Waals surface area contributed by atoms with Gasteiger partial charge in [0.15, 0.2) is 0 Å². The fourth-order valence-corrected chi connectivity index (χ4v) is 2.89. The van der Waals surface area contributed by atoms with Gasteiger partial charge in [-0.1, -0.05) is 24.3 Å². The maximum Gasteiger partial charge on any atom is 0.228 e. The van der Waals surface area contributed by atoms with Crippen LogP contribution in [0.3, 0.4) is 0 Å². The third-order valence-electron chi connectivity index (χ3n) is 3.32. The SMILES string of the molecule is NS(=O)(=O)CCCNC(=O)C1CNCc2ccccc21. The summed E-state index contributed by atoms with van der Waals surface area (Å²) in [6, 6.07) is 7.84. The molecule has 0 aliphatic carbocycles. The Labute approximate surface area is 118 Å². The summed E-state index contributed by atoms with van der Waals surface area (Å²) in [5.74, 6) is -0.430. The Bertz CT molecular complexity index is 586. The van der Waals surface area contributed by atoms with Crippen molar-refractivity contribution in [2.75, 3.05) is 18.8 Å². The zero-order valence-electron chi connectivity index (χ0n) is 11.1. The molecule has 7 heteroatoms. The summed E-state index contributed by atoms with van der Waals surface area (Å²) >= 11 is 0. The maximum atomic E-state index is 12.2. The Hall–Kier alpha value is -1.44. The van der Waals surface area contributed by atoms with E-state index in [1.54, 1.807) is 0 Å². The van der Waals surface area contributed by atoms with Gasteiger partial charge in [-0.25, -0.2) is 13.6 Å². The predicted molar refractivity (Wildman–Crippen MR) is 76.5 cm³/mol. The average molecular weight is 297 g/mol. The molecule has 0 saturated heterocycles. The van der Waals surface area contributed by atoms with Gasteiger partial charge < -0.3 is 10.6 Å². The molecule has 0 spiro atoms. The molecule has 110 valence electrons. The minimum atomic E-state index is -3.46. The molecule has 0 fully saturated rings. The molecule has 0 radical (unpaired) electrons. The number of benzene rings is 1. The quantitative estimate of drug-likeness (QED) is 0.648. The van der Waals surface area contributed by atoms with Gasteiger partial charge in [0, 0.05) is 19.6 Å². The van der Waals surface area contributed by atoms with Crippen molar-refractivity contribution in [2.45, 2.75) is 18.9 Å². The molecule has 1 aliphatic heterocycles. The second-order valence-corrected chi connectivity index (χ2v) is 6.63. The number of fused-ring (bicyclic) bond motifs is 1. The maximum absolute atomic E-state index is 12.2. The van der Waals surface area contributed by atoms with Crippen LogP contribution in [-0.4, -0.2) is 33.2 Å². The van der Waals surface area contributed by atoms with Crippen LogP contribution >= 0.6 is 0 Å². The van der Waals surface area contributed by atoms with E-state index in [1.807, 2.05) is 24.3 Å². The van der Waals surface area contributed by atoms with Crippen LogP contribution in [0.2, 0.25) is 0 Å². The van der Waals surface area contributed by atoms with Crippen LogP contribution in [0.4, 0.5) is 0 Å². The van der Waals surface area contributed by atoms with Gasteiger partial charge in [-0.05, 0) is 17.5 Å². The van der Waals surface area contributed by atoms with Gasteiger partial charge in [-0.3, -0.25) is 4.79 Å². The van der Waals surface area contributed by atoms with E-state index in [0.717, 1.165) is 17.7 Å². The molecule has 1 atom stereocenters. The van der Waals surface area contributed by atoms with Crippen LogP contribution in [0.15, 0.2) is 24.3 Å². The van der Waals surface area contributed by atoms with E-state index in [4.69, 9.17) is 5.14 Å².